The fraction of sp³-hybridized carbons (Fsp3) is 0.538. The van der Waals surface area contributed by atoms with Crippen LogP contribution < -0.4 is 0 Å². The van der Waals surface area contributed by atoms with E-state index in [4.69, 9.17) is 18.0 Å². The Balaban J connectivity index is 3.96. The van der Waals surface area contributed by atoms with Crippen LogP contribution in [0.2, 0.25) is 6.04 Å². The Labute approximate surface area is 125 Å². The SMILES string of the molecule is C=CCOC(=O)C=CC(=O)OCCC[Si](OC)(OC)OC. The van der Waals surface area contributed by atoms with Crippen LogP contribution in [0.4, 0.5) is 0 Å². The molecule has 0 aliphatic rings. The Bertz CT molecular complexity index is 355. The van der Waals surface area contributed by atoms with Gasteiger partial charge in [-0.15, -0.1) is 0 Å². The van der Waals surface area contributed by atoms with Gasteiger partial charge in [-0.3, -0.25) is 0 Å². The second kappa shape index (κ2) is 11.2. The zero-order chi connectivity index (χ0) is 16.1. The van der Waals surface area contributed by atoms with Gasteiger partial charge >= 0.3 is 20.7 Å². The Morgan fingerprint density at radius 2 is 1.52 bits per heavy atom. The van der Waals surface area contributed by atoms with Gasteiger partial charge in [0, 0.05) is 39.5 Å². The summed E-state index contributed by atoms with van der Waals surface area (Å²) in [6.07, 6.45) is 3.98. The molecule has 0 saturated heterocycles. The first-order valence-electron chi connectivity index (χ1n) is 6.31. The van der Waals surface area contributed by atoms with E-state index in [9.17, 15) is 9.59 Å². The summed E-state index contributed by atoms with van der Waals surface area (Å²) in [5.41, 5.74) is 0. The van der Waals surface area contributed by atoms with Crippen LogP contribution in [0.15, 0.2) is 24.8 Å². The van der Waals surface area contributed by atoms with Crippen molar-refractivity contribution in [2.24, 2.45) is 0 Å². The fourth-order valence-corrected chi connectivity index (χ4v) is 3.08. The van der Waals surface area contributed by atoms with Crippen LogP contribution in [0.3, 0.4) is 0 Å². The van der Waals surface area contributed by atoms with Gasteiger partial charge in [-0.1, -0.05) is 12.7 Å². The molecule has 7 nitrogen and oxygen atoms in total. The number of rotatable bonds is 11. The lowest BCUT2D eigenvalue weighted by atomic mass is 10.5. The highest BCUT2D eigenvalue weighted by Crippen LogP contribution is 2.14. The summed E-state index contributed by atoms with van der Waals surface area (Å²) in [6, 6.07) is 0.523. The van der Waals surface area contributed by atoms with E-state index in [1.54, 1.807) is 0 Å². The minimum atomic E-state index is -2.63. The van der Waals surface area contributed by atoms with Crippen LogP contribution in [0.1, 0.15) is 6.42 Å². The molecule has 0 bridgehead atoms. The van der Waals surface area contributed by atoms with Gasteiger partial charge in [0.25, 0.3) is 0 Å². The first-order chi connectivity index (χ1) is 10.0. The fourth-order valence-electron chi connectivity index (χ4n) is 1.39. The molecule has 0 heterocycles. The van der Waals surface area contributed by atoms with E-state index in [-0.39, 0.29) is 13.2 Å². The quantitative estimate of drug-likeness (QED) is 0.185. The number of hydrogen-bond acceptors (Lipinski definition) is 7. The second-order valence-corrected chi connectivity index (χ2v) is 6.91. The molecule has 0 spiro atoms. The van der Waals surface area contributed by atoms with Gasteiger partial charge in [0.1, 0.15) is 6.61 Å². The molecule has 0 rings (SSSR count). The second-order valence-electron chi connectivity index (χ2n) is 3.82. The Morgan fingerprint density at radius 3 is 2.00 bits per heavy atom. The maximum atomic E-state index is 11.3. The molecule has 0 saturated carbocycles. The van der Waals surface area contributed by atoms with Crippen molar-refractivity contribution in [3.05, 3.63) is 24.8 Å². The molecule has 120 valence electrons. The molecule has 21 heavy (non-hydrogen) atoms. The average molecular weight is 318 g/mol. The largest absolute Gasteiger partial charge is 0.500 e. The first kappa shape index (κ1) is 19.5. The molecule has 8 heteroatoms. The molecular formula is C13H22O7Si. The number of hydrogen-bond donors (Lipinski definition) is 0. The van der Waals surface area contributed by atoms with Crippen LogP contribution in [0.5, 0.6) is 0 Å². The zero-order valence-corrected chi connectivity index (χ0v) is 13.6. The minimum absolute atomic E-state index is 0.0932. The molecule has 0 aromatic rings. The van der Waals surface area contributed by atoms with Crippen molar-refractivity contribution < 1.29 is 32.3 Å². The van der Waals surface area contributed by atoms with Crippen LogP contribution in [-0.4, -0.2) is 55.3 Å². The summed E-state index contributed by atoms with van der Waals surface area (Å²) in [4.78, 5) is 22.4. The van der Waals surface area contributed by atoms with Crippen LogP contribution >= 0.6 is 0 Å². The van der Waals surface area contributed by atoms with Crippen molar-refractivity contribution in [2.75, 3.05) is 34.5 Å². The van der Waals surface area contributed by atoms with E-state index in [2.05, 4.69) is 11.3 Å². The molecule has 0 N–H and O–H groups in total. The number of esters is 2. The molecule has 0 aromatic carbocycles. The van der Waals surface area contributed by atoms with E-state index in [1.807, 2.05) is 0 Å². The molecular weight excluding hydrogens is 296 g/mol. The van der Waals surface area contributed by atoms with E-state index in [0.29, 0.717) is 12.5 Å². The van der Waals surface area contributed by atoms with Crippen molar-refractivity contribution in [1.82, 2.24) is 0 Å². The zero-order valence-electron chi connectivity index (χ0n) is 12.6. The molecule has 0 aromatic heterocycles. The highest BCUT2D eigenvalue weighted by molar-refractivity contribution is 6.60. The Hall–Kier alpha value is -1.48. The lowest BCUT2D eigenvalue weighted by Gasteiger charge is -2.23. The van der Waals surface area contributed by atoms with E-state index in [1.165, 1.54) is 27.4 Å². The van der Waals surface area contributed by atoms with Crippen molar-refractivity contribution in [3.8, 4) is 0 Å². The summed E-state index contributed by atoms with van der Waals surface area (Å²) in [6.45, 7) is 3.67. The van der Waals surface area contributed by atoms with Crippen molar-refractivity contribution in [1.29, 1.82) is 0 Å². The van der Waals surface area contributed by atoms with Gasteiger partial charge in [-0.05, 0) is 6.42 Å². The molecule has 0 atom stereocenters. The van der Waals surface area contributed by atoms with Gasteiger partial charge < -0.3 is 22.8 Å². The third-order valence-electron chi connectivity index (χ3n) is 2.50. The average Bonchev–Trinajstić information content (AvgIpc) is 2.51. The topological polar surface area (TPSA) is 80.3 Å². The normalized spacial score (nSPS) is 11.4. The third-order valence-corrected chi connectivity index (χ3v) is 5.34. The summed E-state index contributed by atoms with van der Waals surface area (Å²) in [5.74, 6) is -1.25. The summed E-state index contributed by atoms with van der Waals surface area (Å²) >= 11 is 0. The standard InChI is InChI=1S/C13H22O7Si/c1-5-9-19-12(14)7-8-13(15)20-10-6-11-21(16-2,17-3)18-4/h5,7-8H,1,6,9-11H2,2-4H3. The van der Waals surface area contributed by atoms with Crippen molar-refractivity contribution in [3.63, 3.8) is 0 Å². The van der Waals surface area contributed by atoms with Crippen molar-refractivity contribution in [2.45, 2.75) is 12.5 Å². The predicted molar refractivity (Wildman–Crippen MR) is 77.5 cm³/mol. The summed E-state index contributed by atoms with van der Waals surface area (Å²) in [7, 11) is 1.92. The molecule has 0 radical (unpaired) electrons. The summed E-state index contributed by atoms with van der Waals surface area (Å²) < 4.78 is 25.3. The van der Waals surface area contributed by atoms with Gasteiger partial charge in [0.15, 0.2) is 0 Å². The van der Waals surface area contributed by atoms with E-state index < -0.39 is 20.7 Å². The van der Waals surface area contributed by atoms with E-state index >= 15 is 0 Å². The highest BCUT2D eigenvalue weighted by atomic mass is 28.4. The number of carbonyl (C=O) groups is 2. The smallest absolute Gasteiger partial charge is 0.463 e. The van der Waals surface area contributed by atoms with Crippen LogP contribution in [0, 0.1) is 0 Å². The molecule has 0 aliphatic heterocycles. The minimum Gasteiger partial charge on any atom is -0.463 e. The third kappa shape index (κ3) is 8.40. The Morgan fingerprint density at radius 1 is 1.00 bits per heavy atom. The monoisotopic (exact) mass is 318 g/mol. The molecule has 0 unspecified atom stereocenters. The predicted octanol–water partition coefficient (Wildman–Crippen LogP) is 1.08. The maximum absolute atomic E-state index is 11.3. The maximum Gasteiger partial charge on any atom is 0.500 e. The van der Waals surface area contributed by atoms with Crippen molar-refractivity contribution >= 4 is 20.7 Å². The van der Waals surface area contributed by atoms with E-state index in [0.717, 1.165) is 12.2 Å². The van der Waals surface area contributed by atoms with Crippen LogP contribution in [-0.2, 0) is 32.3 Å². The Kier molecular flexibility index (Phi) is 10.4. The number of carbonyl (C=O) groups excluding carboxylic acids is 2. The molecule has 0 amide bonds. The highest BCUT2D eigenvalue weighted by Gasteiger charge is 2.36. The van der Waals surface area contributed by atoms with Gasteiger partial charge in [0.2, 0.25) is 0 Å². The van der Waals surface area contributed by atoms with Gasteiger partial charge in [0.05, 0.1) is 6.61 Å². The van der Waals surface area contributed by atoms with Gasteiger partial charge in [-0.2, -0.15) is 0 Å². The lowest BCUT2D eigenvalue weighted by molar-refractivity contribution is -0.140. The molecule has 0 aliphatic carbocycles. The molecule has 0 fully saturated rings. The lowest BCUT2D eigenvalue weighted by Crippen LogP contribution is -2.42. The first-order valence-corrected chi connectivity index (χ1v) is 8.24. The van der Waals surface area contributed by atoms with Crippen LogP contribution in [0.25, 0.3) is 0 Å². The number of ether oxygens (including phenoxy) is 2. The summed E-state index contributed by atoms with van der Waals surface area (Å²) in [5, 5.41) is 0. The van der Waals surface area contributed by atoms with Gasteiger partial charge in [-0.25, -0.2) is 9.59 Å².